The monoisotopic (exact) mass is 266 g/mol. The quantitative estimate of drug-likeness (QED) is 0.642. The van der Waals surface area contributed by atoms with Crippen LogP contribution in [0.15, 0.2) is 30.6 Å². The van der Waals surface area contributed by atoms with E-state index in [-0.39, 0.29) is 6.04 Å². The minimum Gasteiger partial charge on any atom is -0.273 e. The lowest BCUT2D eigenvalue weighted by Gasteiger charge is -2.14. The maximum atomic E-state index is 13.1. The first kappa shape index (κ1) is 13.6. The van der Waals surface area contributed by atoms with Gasteiger partial charge in [0, 0.05) is 24.4 Å². The van der Waals surface area contributed by atoms with Gasteiger partial charge in [-0.25, -0.2) is 8.78 Å². The maximum Gasteiger partial charge on any atom is 0.126 e. The highest BCUT2D eigenvalue weighted by Crippen LogP contribution is 2.18. The summed E-state index contributed by atoms with van der Waals surface area (Å²) < 4.78 is 28.0. The number of hydrogen-bond donors (Lipinski definition) is 2. The molecular weight excluding hydrogens is 250 g/mol. The Morgan fingerprint density at radius 2 is 2.00 bits per heavy atom. The molecule has 0 saturated carbocycles. The first-order valence-corrected chi connectivity index (χ1v) is 6.05. The number of rotatable bonds is 5. The third-order valence-electron chi connectivity index (χ3n) is 2.94. The predicted octanol–water partition coefficient (Wildman–Crippen LogP) is 1.93. The van der Waals surface area contributed by atoms with Gasteiger partial charge in [-0.15, -0.1) is 0 Å². The van der Waals surface area contributed by atoms with Crippen LogP contribution in [0.3, 0.4) is 0 Å². The van der Waals surface area contributed by atoms with Crippen LogP contribution in [0.25, 0.3) is 0 Å². The minimum absolute atomic E-state index is 0.235. The molecule has 1 aromatic carbocycles. The number of hydrazine groups is 1. The van der Waals surface area contributed by atoms with E-state index in [2.05, 4.69) is 10.5 Å². The number of nitrogens with one attached hydrogen (secondary N) is 1. The Labute approximate surface area is 110 Å². The van der Waals surface area contributed by atoms with E-state index in [1.54, 1.807) is 10.9 Å². The van der Waals surface area contributed by atoms with E-state index < -0.39 is 11.6 Å². The average Bonchev–Trinajstić information content (AvgIpc) is 2.83. The van der Waals surface area contributed by atoms with Crippen molar-refractivity contribution in [3.63, 3.8) is 0 Å². The smallest absolute Gasteiger partial charge is 0.126 e. The minimum atomic E-state index is -0.588. The van der Waals surface area contributed by atoms with E-state index in [1.807, 2.05) is 13.1 Å². The van der Waals surface area contributed by atoms with Gasteiger partial charge in [0.1, 0.15) is 11.6 Å². The maximum absolute atomic E-state index is 13.1. The molecule has 0 aliphatic carbocycles. The zero-order chi connectivity index (χ0) is 13.8. The molecule has 2 aromatic rings. The number of hydrogen-bond acceptors (Lipinski definition) is 3. The fourth-order valence-corrected chi connectivity index (χ4v) is 1.97. The molecule has 3 N–H and O–H groups in total. The number of nitrogens with two attached hydrogens (primary N) is 1. The molecule has 102 valence electrons. The second kappa shape index (κ2) is 5.90. The summed E-state index contributed by atoms with van der Waals surface area (Å²) in [6, 6.07) is 3.22. The second-order valence-electron chi connectivity index (χ2n) is 4.33. The molecule has 1 atom stereocenters. The molecule has 0 saturated heterocycles. The predicted molar refractivity (Wildman–Crippen MR) is 68.0 cm³/mol. The Bertz CT molecular complexity index is 533. The Morgan fingerprint density at radius 1 is 1.32 bits per heavy atom. The van der Waals surface area contributed by atoms with Crippen LogP contribution in [0.4, 0.5) is 8.78 Å². The highest BCUT2D eigenvalue weighted by molar-refractivity contribution is 5.22. The first-order chi connectivity index (χ1) is 9.12. The molecule has 0 radical (unpaired) electrons. The number of nitrogens with zero attached hydrogens (tertiary/aromatic N) is 2. The van der Waals surface area contributed by atoms with Crippen LogP contribution in [0.5, 0.6) is 0 Å². The molecule has 0 spiro atoms. The molecular formula is C13H16F2N4. The van der Waals surface area contributed by atoms with Gasteiger partial charge in [-0.05, 0) is 31.0 Å². The van der Waals surface area contributed by atoms with Crippen molar-refractivity contribution in [2.45, 2.75) is 25.9 Å². The molecule has 1 unspecified atom stereocenters. The van der Waals surface area contributed by atoms with Gasteiger partial charge in [0.25, 0.3) is 0 Å². The molecule has 6 heteroatoms. The fourth-order valence-electron chi connectivity index (χ4n) is 1.97. The molecule has 0 bridgehead atoms. The Morgan fingerprint density at radius 3 is 2.53 bits per heavy atom. The molecule has 1 aromatic heterocycles. The van der Waals surface area contributed by atoms with E-state index >= 15 is 0 Å². The van der Waals surface area contributed by atoms with Gasteiger partial charge in [-0.1, -0.05) is 0 Å². The van der Waals surface area contributed by atoms with Crippen LogP contribution in [-0.4, -0.2) is 9.78 Å². The lowest BCUT2D eigenvalue weighted by Crippen LogP contribution is -2.29. The summed E-state index contributed by atoms with van der Waals surface area (Å²) in [6.45, 7) is 2.73. The normalized spacial score (nSPS) is 12.6. The van der Waals surface area contributed by atoms with Crippen molar-refractivity contribution in [2.24, 2.45) is 5.84 Å². The van der Waals surface area contributed by atoms with E-state index in [9.17, 15) is 8.78 Å². The van der Waals surface area contributed by atoms with Crippen LogP contribution in [-0.2, 0) is 13.0 Å². The SMILES string of the molecule is CCn1cc(C(Cc2cc(F)cc(F)c2)NN)cn1. The van der Waals surface area contributed by atoms with E-state index in [1.165, 1.54) is 12.1 Å². The summed E-state index contributed by atoms with van der Waals surface area (Å²) in [4.78, 5) is 0. The van der Waals surface area contributed by atoms with Crippen molar-refractivity contribution in [3.05, 3.63) is 53.4 Å². The van der Waals surface area contributed by atoms with Gasteiger partial charge in [0.15, 0.2) is 0 Å². The summed E-state index contributed by atoms with van der Waals surface area (Å²) in [5.41, 5.74) is 4.07. The summed E-state index contributed by atoms with van der Waals surface area (Å²) >= 11 is 0. The Kier molecular flexibility index (Phi) is 4.24. The first-order valence-electron chi connectivity index (χ1n) is 6.05. The van der Waals surface area contributed by atoms with Gasteiger partial charge in [-0.2, -0.15) is 5.10 Å². The third kappa shape index (κ3) is 3.36. The lowest BCUT2D eigenvalue weighted by atomic mass is 10.0. The summed E-state index contributed by atoms with van der Waals surface area (Å²) in [6.07, 6.45) is 3.95. The zero-order valence-corrected chi connectivity index (χ0v) is 10.6. The van der Waals surface area contributed by atoms with Crippen LogP contribution in [0, 0.1) is 11.6 Å². The molecule has 2 rings (SSSR count). The topological polar surface area (TPSA) is 55.9 Å². The summed E-state index contributed by atoms with van der Waals surface area (Å²) in [7, 11) is 0. The highest BCUT2D eigenvalue weighted by atomic mass is 19.1. The number of halogens is 2. The number of aryl methyl sites for hydroxylation is 1. The van der Waals surface area contributed by atoms with E-state index in [4.69, 9.17) is 5.84 Å². The Hall–Kier alpha value is -1.79. The highest BCUT2D eigenvalue weighted by Gasteiger charge is 2.13. The molecule has 0 aliphatic rings. The molecule has 0 aliphatic heterocycles. The molecule has 19 heavy (non-hydrogen) atoms. The van der Waals surface area contributed by atoms with Gasteiger partial charge in [0.2, 0.25) is 0 Å². The lowest BCUT2D eigenvalue weighted by molar-refractivity contribution is 0.539. The Balaban J connectivity index is 2.18. The summed E-state index contributed by atoms with van der Waals surface area (Å²) in [5.74, 6) is 4.33. The number of aromatic nitrogens is 2. The van der Waals surface area contributed by atoms with E-state index in [0.29, 0.717) is 12.0 Å². The summed E-state index contributed by atoms with van der Waals surface area (Å²) in [5, 5.41) is 4.15. The van der Waals surface area contributed by atoms with Crippen LogP contribution in [0.2, 0.25) is 0 Å². The van der Waals surface area contributed by atoms with Gasteiger partial charge < -0.3 is 0 Å². The van der Waals surface area contributed by atoms with Gasteiger partial charge >= 0.3 is 0 Å². The molecule has 0 fully saturated rings. The largest absolute Gasteiger partial charge is 0.273 e. The third-order valence-corrected chi connectivity index (χ3v) is 2.94. The average molecular weight is 266 g/mol. The van der Waals surface area contributed by atoms with Crippen LogP contribution >= 0.6 is 0 Å². The van der Waals surface area contributed by atoms with Crippen LogP contribution < -0.4 is 11.3 Å². The van der Waals surface area contributed by atoms with Crippen LogP contribution in [0.1, 0.15) is 24.1 Å². The van der Waals surface area contributed by atoms with Crippen molar-refractivity contribution in [2.75, 3.05) is 0 Å². The van der Waals surface area contributed by atoms with Crippen molar-refractivity contribution in [3.8, 4) is 0 Å². The molecule has 0 amide bonds. The zero-order valence-electron chi connectivity index (χ0n) is 10.6. The van der Waals surface area contributed by atoms with Crippen molar-refractivity contribution in [1.82, 2.24) is 15.2 Å². The standard InChI is InChI=1S/C13H16F2N4/c1-2-19-8-10(7-17-19)13(18-16)5-9-3-11(14)6-12(15)4-9/h3-4,6-8,13,18H,2,5,16H2,1H3. The fraction of sp³-hybridized carbons (Fsp3) is 0.308. The molecule has 4 nitrogen and oxygen atoms in total. The van der Waals surface area contributed by atoms with Gasteiger partial charge in [-0.3, -0.25) is 16.0 Å². The van der Waals surface area contributed by atoms with Gasteiger partial charge in [0.05, 0.1) is 12.2 Å². The van der Waals surface area contributed by atoms with Crippen molar-refractivity contribution >= 4 is 0 Å². The van der Waals surface area contributed by atoms with Crippen molar-refractivity contribution in [1.29, 1.82) is 0 Å². The number of benzene rings is 1. The van der Waals surface area contributed by atoms with Crippen molar-refractivity contribution < 1.29 is 8.78 Å². The van der Waals surface area contributed by atoms with E-state index in [0.717, 1.165) is 18.2 Å². The second-order valence-corrected chi connectivity index (χ2v) is 4.33. The molecule has 1 heterocycles.